The number of benzene rings is 1. The monoisotopic (exact) mass is 234 g/mol. The molecular formula is C13H14O2S. The van der Waals surface area contributed by atoms with Crippen LogP contribution in [0, 0.1) is 6.92 Å². The summed E-state index contributed by atoms with van der Waals surface area (Å²) in [5.74, 6) is 0.785. The van der Waals surface area contributed by atoms with Gasteiger partial charge in [-0.05, 0) is 53.3 Å². The molecule has 0 spiro atoms. The molecule has 1 heterocycles. The minimum Gasteiger partial charge on any atom is -0.497 e. The van der Waals surface area contributed by atoms with E-state index >= 15 is 0 Å². The third-order valence-electron chi connectivity index (χ3n) is 2.40. The van der Waals surface area contributed by atoms with E-state index in [9.17, 15) is 5.11 Å². The van der Waals surface area contributed by atoms with Crippen molar-refractivity contribution in [2.24, 2.45) is 0 Å². The Morgan fingerprint density at radius 3 is 2.62 bits per heavy atom. The van der Waals surface area contributed by atoms with Crippen LogP contribution in [0.25, 0.3) is 10.4 Å². The lowest BCUT2D eigenvalue weighted by molar-refractivity contribution is 0.281. The molecule has 0 aliphatic heterocycles. The van der Waals surface area contributed by atoms with E-state index < -0.39 is 0 Å². The summed E-state index contributed by atoms with van der Waals surface area (Å²) in [6.07, 6.45) is 0. The fourth-order valence-corrected chi connectivity index (χ4v) is 2.48. The van der Waals surface area contributed by atoms with E-state index in [0.29, 0.717) is 0 Å². The summed E-state index contributed by atoms with van der Waals surface area (Å²) in [5.41, 5.74) is 3.23. The molecule has 1 aromatic carbocycles. The summed E-state index contributed by atoms with van der Waals surface area (Å²) in [4.78, 5) is 1.20. The van der Waals surface area contributed by atoms with Crippen molar-refractivity contribution in [2.45, 2.75) is 13.5 Å². The van der Waals surface area contributed by atoms with E-state index in [1.807, 2.05) is 18.2 Å². The van der Waals surface area contributed by atoms with Crippen LogP contribution < -0.4 is 4.74 Å². The van der Waals surface area contributed by atoms with Crippen molar-refractivity contribution >= 4 is 11.3 Å². The van der Waals surface area contributed by atoms with Crippen LogP contribution in [0.4, 0.5) is 0 Å². The normalized spacial score (nSPS) is 10.4. The Balaban J connectivity index is 2.47. The molecule has 0 bridgehead atoms. The second-order valence-corrected chi connectivity index (χ2v) is 4.63. The number of thiophene rings is 1. The minimum atomic E-state index is 0.0363. The standard InChI is InChI=1S/C13H14O2S/c1-9-3-13(16-8-9)11-4-10(7-14)5-12(6-11)15-2/h3-6,8,14H,7H2,1-2H3. The lowest BCUT2D eigenvalue weighted by Crippen LogP contribution is -1.88. The van der Waals surface area contributed by atoms with Crippen LogP contribution in [0.3, 0.4) is 0 Å². The average Bonchev–Trinajstić information content (AvgIpc) is 2.75. The number of aliphatic hydroxyl groups excluding tert-OH is 1. The molecule has 0 unspecified atom stereocenters. The first-order valence-electron chi connectivity index (χ1n) is 5.07. The molecule has 0 saturated heterocycles. The quantitative estimate of drug-likeness (QED) is 0.883. The number of aliphatic hydroxyl groups is 1. The number of aryl methyl sites for hydroxylation is 1. The van der Waals surface area contributed by atoms with E-state index in [-0.39, 0.29) is 6.61 Å². The molecule has 0 aliphatic rings. The number of rotatable bonds is 3. The van der Waals surface area contributed by atoms with Gasteiger partial charge >= 0.3 is 0 Å². The lowest BCUT2D eigenvalue weighted by Gasteiger charge is -2.06. The average molecular weight is 234 g/mol. The first-order valence-corrected chi connectivity index (χ1v) is 5.95. The molecule has 16 heavy (non-hydrogen) atoms. The van der Waals surface area contributed by atoms with E-state index in [1.54, 1.807) is 18.4 Å². The van der Waals surface area contributed by atoms with Gasteiger partial charge in [-0.3, -0.25) is 0 Å². The zero-order valence-corrected chi connectivity index (χ0v) is 10.2. The molecule has 0 fully saturated rings. The van der Waals surface area contributed by atoms with Gasteiger partial charge in [0.2, 0.25) is 0 Å². The number of methoxy groups -OCH3 is 1. The third kappa shape index (κ3) is 2.26. The molecule has 0 atom stereocenters. The van der Waals surface area contributed by atoms with Crippen molar-refractivity contribution in [1.29, 1.82) is 0 Å². The summed E-state index contributed by atoms with van der Waals surface area (Å²) in [6.45, 7) is 2.11. The Morgan fingerprint density at radius 2 is 2.06 bits per heavy atom. The Kier molecular flexibility index (Phi) is 3.27. The lowest BCUT2D eigenvalue weighted by atomic mass is 10.1. The summed E-state index contributed by atoms with van der Waals surface area (Å²) in [6, 6.07) is 7.97. The Labute approximate surface area is 99.1 Å². The highest BCUT2D eigenvalue weighted by molar-refractivity contribution is 7.13. The largest absolute Gasteiger partial charge is 0.497 e. The predicted octanol–water partition coefficient (Wildman–Crippen LogP) is 3.22. The second-order valence-electron chi connectivity index (χ2n) is 3.72. The van der Waals surface area contributed by atoms with E-state index in [0.717, 1.165) is 16.9 Å². The van der Waals surface area contributed by atoms with Crippen molar-refractivity contribution in [3.63, 3.8) is 0 Å². The van der Waals surface area contributed by atoms with Crippen LogP contribution in [0.1, 0.15) is 11.1 Å². The van der Waals surface area contributed by atoms with E-state index in [1.165, 1.54) is 10.4 Å². The van der Waals surface area contributed by atoms with Crippen molar-refractivity contribution in [3.05, 3.63) is 40.8 Å². The third-order valence-corrected chi connectivity index (χ3v) is 3.50. The van der Waals surface area contributed by atoms with Gasteiger partial charge in [-0.25, -0.2) is 0 Å². The van der Waals surface area contributed by atoms with Crippen molar-refractivity contribution < 1.29 is 9.84 Å². The maximum absolute atomic E-state index is 9.18. The van der Waals surface area contributed by atoms with Crippen molar-refractivity contribution in [1.82, 2.24) is 0 Å². The first-order chi connectivity index (χ1) is 7.72. The van der Waals surface area contributed by atoms with Crippen LogP contribution in [0.15, 0.2) is 29.6 Å². The number of ether oxygens (including phenoxy) is 1. The van der Waals surface area contributed by atoms with Gasteiger partial charge in [0.1, 0.15) is 5.75 Å². The number of hydrogen-bond acceptors (Lipinski definition) is 3. The molecule has 0 saturated carbocycles. The Bertz CT molecular complexity index is 466. The Morgan fingerprint density at radius 1 is 1.25 bits per heavy atom. The first kappa shape index (κ1) is 11.2. The molecule has 2 aromatic rings. The molecule has 0 amide bonds. The van der Waals surface area contributed by atoms with Gasteiger partial charge in [-0.1, -0.05) is 0 Å². The summed E-state index contributed by atoms with van der Waals surface area (Å²) < 4.78 is 5.22. The fraction of sp³-hybridized carbons (Fsp3) is 0.231. The maximum Gasteiger partial charge on any atom is 0.119 e. The molecule has 0 radical (unpaired) electrons. The molecular weight excluding hydrogens is 220 g/mol. The van der Waals surface area contributed by atoms with Gasteiger partial charge in [-0.2, -0.15) is 0 Å². The highest BCUT2D eigenvalue weighted by atomic mass is 32.1. The molecule has 3 heteroatoms. The zero-order valence-electron chi connectivity index (χ0n) is 9.36. The molecule has 2 nitrogen and oxygen atoms in total. The van der Waals surface area contributed by atoms with Gasteiger partial charge in [0.15, 0.2) is 0 Å². The van der Waals surface area contributed by atoms with Crippen LogP contribution in [-0.2, 0) is 6.61 Å². The SMILES string of the molecule is COc1cc(CO)cc(-c2cc(C)cs2)c1. The van der Waals surface area contributed by atoms with Gasteiger partial charge in [0.25, 0.3) is 0 Å². The van der Waals surface area contributed by atoms with Gasteiger partial charge in [-0.15, -0.1) is 11.3 Å². The maximum atomic E-state index is 9.18. The summed E-state index contributed by atoms with van der Waals surface area (Å²) in [5, 5.41) is 11.3. The topological polar surface area (TPSA) is 29.5 Å². The highest BCUT2D eigenvalue weighted by Crippen LogP contribution is 2.30. The van der Waals surface area contributed by atoms with E-state index in [4.69, 9.17) is 4.74 Å². The van der Waals surface area contributed by atoms with Crippen LogP contribution in [0.2, 0.25) is 0 Å². The summed E-state index contributed by atoms with van der Waals surface area (Å²) >= 11 is 1.70. The number of hydrogen-bond donors (Lipinski definition) is 1. The molecule has 1 N–H and O–H groups in total. The smallest absolute Gasteiger partial charge is 0.119 e. The van der Waals surface area contributed by atoms with Crippen molar-refractivity contribution in [3.8, 4) is 16.2 Å². The van der Waals surface area contributed by atoms with Gasteiger partial charge in [0.05, 0.1) is 13.7 Å². The van der Waals surface area contributed by atoms with Gasteiger partial charge in [0, 0.05) is 4.88 Å². The molecule has 1 aromatic heterocycles. The molecule has 2 rings (SSSR count). The minimum absolute atomic E-state index is 0.0363. The van der Waals surface area contributed by atoms with E-state index in [2.05, 4.69) is 18.4 Å². The van der Waals surface area contributed by atoms with Crippen LogP contribution in [0.5, 0.6) is 5.75 Å². The van der Waals surface area contributed by atoms with Crippen LogP contribution in [-0.4, -0.2) is 12.2 Å². The predicted molar refractivity (Wildman–Crippen MR) is 67.0 cm³/mol. The summed E-state index contributed by atoms with van der Waals surface area (Å²) in [7, 11) is 1.64. The van der Waals surface area contributed by atoms with Crippen molar-refractivity contribution in [2.75, 3.05) is 7.11 Å². The van der Waals surface area contributed by atoms with Crippen LogP contribution >= 0.6 is 11.3 Å². The molecule has 0 aliphatic carbocycles. The zero-order chi connectivity index (χ0) is 11.5. The molecule has 84 valence electrons. The van der Waals surface area contributed by atoms with Gasteiger partial charge < -0.3 is 9.84 Å². The fourth-order valence-electron chi connectivity index (χ4n) is 1.59. The second kappa shape index (κ2) is 4.68. The Hall–Kier alpha value is -1.32. The highest BCUT2D eigenvalue weighted by Gasteiger charge is 2.05.